The Morgan fingerprint density at radius 2 is 1.49 bits per heavy atom. The number of para-hydroxylation sites is 2. The van der Waals surface area contributed by atoms with E-state index < -0.39 is 28.5 Å². The maximum Gasteiger partial charge on any atom is 0.264 e. The summed E-state index contributed by atoms with van der Waals surface area (Å²) in [5, 5.41) is 3.01. The molecule has 0 saturated carbocycles. The molecule has 0 fully saturated rings. The molecular weight excluding hydrogens is 614 g/mol. The lowest BCUT2D eigenvalue weighted by atomic mass is 10.0. The molecule has 10 heteroatoms. The quantitative estimate of drug-likeness (QED) is 0.154. The largest absolute Gasteiger partial charge is 0.497 e. The second-order valence-corrected chi connectivity index (χ2v) is 13.0. The van der Waals surface area contributed by atoms with E-state index in [2.05, 4.69) is 5.32 Å². The number of carbonyl (C=O) groups is 2. The van der Waals surface area contributed by atoms with Crippen molar-refractivity contribution < 1.29 is 27.5 Å². The summed E-state index contributed by atoms with van der Waals surface area (Å²) in [5.74, 6) is -0.0685. The molecule has 0 saturated heterocycles. The molecule has 0 aromatic heterocycles. The second-order valence-electron chi connectivity index (χ2n) is 11.2. The summed E-state index contributed by atoms with van der Waals surface area (Å²) in [7, 11) is -1.35. The lowest BCUT2D eigenvalue weighted by Crippen LogP contribution is -2.53. The summed E-state index contributed by atoms with van der Waals surface area (Å²) < 4.78 is 40.5. The van der Waals surface area contributed by atoms with Crippen LogP contribution in [0.3, 0.4) is 0 Å². The molecule has 2 amide bonds. The summed E-state index contributed by atoms with van der Waals surface area (Å²) in [6.07, 6.45) is 1.93. The van der Waals surface area contributed by atoms with Gasteiger partial charge in [0.1, 0.15) is 24.1 Å². The van der Waals surface area contributed by atoms with Gasteiger partial charge in [-0.3, -0.25) is 13.9 Å². The smallest absolute Gasteiger partial charge is 0.264 e. The molecule has 248 valence electrons. The molecule has 0 aliphatic heterocycles. The van der Waals surface area contributed by atoms with Crippen LogP contribution in [0.5, 0.6) is 11.5 Å². The van der Waals surface area contributed by atoms with Gasteiger partial charge >= 0.3 is 0 Å². The van der Waals surface area contributed by atoms with Crippen molar-refractivity contribution in [2.75, 3.05) is 31.6 Å². The van der Waals surface area contributed by atoms with Gasteiger partial charge in [-0.25, -0.2) is 8.42 Å². The van der Waals surface area contributed by atoms with Crippen molar-refractivity contribution in [2.45, 2.75) is 50.6 Å². The summed E-state index contributed by atoms with van der Waals surface area (Å²) >= 11 is 0. The number of anilines is 1. The number of carbonyl (C=O) groups excluding carboxylic acids is 2. The van der Waals surface area contributed by atoms with E-state index in [-0.39, 0.29) is 35.2 Å². The van der Waals surface area contributed by atoms with Crippen LogP contribution in [0.1, 0.15) is 36.5 Å². The summed E-state index contributed by atoms with van der Waals surface area (Å²) in [6.45, 7) is 3.98. The zero-order valence-electron chi connectivity index (χ0n) is 27.4. The first kappa shape index (κ1) is 35.0. The van der Waals surface area contributed by atoms with E-state index in [4.69, 9.17) is 9.47 Å². The maximum absolute atomic E-state index is 14.7. The van der Waals surface area contributed by atoms with E-state index in [9.17, 15) is 18.0 Å². The number of aryl methyl sites for hydroxylation is 1. The van der Waals surface area contributed by atoms with Crippen LogP contribution in [-0.4, -0.2) is 58.5 Å². The Morgan fingerprint density at radius 1 is 0.830 bits per heavy atom. The Bertz CT molecular complexity index is 1730. The average molecular weight is 658 g/mol. The van der Waals surface area contributed by atoms with E-state index in [1.54, 1.807) is 36.4 Å². The van der Waals surface area contributed by atoms with Crippen molar-refractivity contribution in [1.29, 1.82) is 0 Å². The lowest BCUT2D eigenvalue weighted by molar-refractivity contribution is -0.140. The number of nitrogens with zero attached hydrogens (tertiary/aromatic N) is 2. The van der Waals surface area contributed by atoms with Crippen molar-refractivity contribution in [3.8, 4) is 11.5 Å². The normalized spacial score (nSPS) is 11.7. The van der Waals surface area contributed by atoms with Gasteiger partial charge < -0.3 is 19.7 Å². The van der Waals surface area contributed by atoms with Gasteiger partial charge in [0.25, 0.3) is 10.0 Å². The highest BCUT2D eigenvalue weighted by atomic mass is 32.2. The van der Waals surface area contributed by atoms with Gasteiger partial charge in [0.15, 0.2) is 0 Å². The van der Waals surface area contributed by atoms with Crippen LogP contribution in [0.2, 0.25) is 0 Å². The number of sulfonamides is 1. The lowest BCUT2D eigenvalue weighted by Gasteiger charge is -2.34. The summed E-state index contributed by atoms with van der Waals surface area (Å²) in [4.78, 5) is 30.1. The molecule has 1 atom stereocenters. The third-order valence-corrected chi connectivity index (χ3v) is 9.76. The molecule has 47 heavy (non-hydrogen) atoms. The minimum Gasteiger partial charge on any atom is -0.497 e. The van der Waals surface area contributed by atoms with Crippen LogP contribution in [-0.2, 0) is 32.6 Å². The summed E-state index contributed by atoms with van der Waals surface area (Å²) in [6, 6.07) is 28.9. The SMILES string of the molecule is CCCCNC(=O)[C@H](Cc1ccccc1)N(Cc1ccccc1C)C(=O)CN(c1ccccc1OC)S(=O)(=O)c1ccc(OC)cc1. The zero-order valence-corrected chi connectivity index (χ0v) is 28.2. The third-order valence-electron chi connectivity index (χ3n) is 7.98. The van der Waals surface area contributed by atoms with Crippen molar-refractivity contribution in [3.63, 3.8) is 0 Å². The standard InChI is InChI=1S/C37H43N3O6S/c1-5-6-24-38-37(42)34(25-29-15-8-7-9-16-29)39(26-30-17-11-10-14-28(30)2)36(41)27-40(33-18-12-13-19-35(33)46-4)47(43,44)32-22-20-31(45-3)21-23-32/h7-23,34H,5-6,24-27H2,1-4H3,(H,38,42)/t34-/m0/s1. The number of hydrogen-bond acceptors (Lipinski definition) is 6. The first-order valence-electron chi connectivity index (χ1n) is 15.6. The molecule has 0 bridgehead atoms. The van der Waals surface area contributed by atoms with Crippen LogP contribution < -0.4 is 19.1 Å². The molecule has 9 nitrogen and oxygen atoms in total. The maximum atomic E-state index is 14.7. The van der Waals surface area contributed by atoms with E-state index in [1.807, 2.05) is 68.4 Å². The van der Waals surface area contributed by atoms with Gasteiger partial charge in [-0.05, 0) is 66.4 Å². The van der Waals surface area contributed by atoms with Gasteiger partial charge in [0, 0.05) is 19.5 Å². The number of amides is 2. The fourth-order valence-electron chi connectivity index (χ4n) is 5.26. The Kier molecular flexibility index (Phi) is 12.4. The van der Waals surface area contributed by atoms with Crippen LogP contribution >= 0.6 is 0 Å². The molecule has 0 aliphatic carbocycles. The molecule has 1 N–H and O–H groups in total. The molecule has 4 aromatic rings. The number of methoxy groups -OCH3 is 2. The first-order valence-corrected chi connectivity index (χ1v) is 17.1. The van der Waals surface area contributed by atoms with Gasteiger partial charge in [-0.15, -0.1) is 0 Å². The van der Waals surface area contributed by atoms with Gasteiger partial charge in [0.05, 0.1) is 24.8 Å². The molecular formula is C37H43N3O6S. The van der Waals surface area contributed by atoms with E-state index in [1.165, 1.54) is 31.3 Å². The molecule has 0 aliphatic rings. The number of nitrogens with one attached hydrogen (secondary N) is 1. The Morgan fingerprint density at radius 3 is 2.15 bits per heavy atom. The molecule has 0 unspecified atom stereocenters. The van der Waals surface area contributed by atoms with Crippen LogP contribution in [0, 0.1) is 6.92 Å². The van der Waals surface area contributed by atoms with E-state index >= 15 is 0 Å². The van der Waals surface area contributed by atoms with Crippen LogP contribution in [0.15, 0.2) is 108 Å². The highest BCUT2D eigenvalue weighted by Crippen LogP contribution is 2.33. The average Bonchev–Trinajstić information content (AvgIpc) is 3.09. The van der Waals surface area contributed by atoms with Crippen LogP contribution in [0.25, 0.3) is 0 Å². The van der Waals surface area contributed by atoms with Crippen LogP contribution in [0.4, 0.5) is 5.69 Å². The predicted octanol–water partition coefficient (Wildman–Crippen LogP) is 5.76. The fourth-order valence-corrected chi connectivity index (χ4v) is 6.68. The van der Waals surface area contributed by atoms with Crippen molar-refractivity contribution in [2.24, 2.45) is 0 Å². The number of hydrogen-bond donors (Lipinski definition) is 1. The third kappa shape index (κ3) is 8.92. The monoisotopic (exact) mass is 657 g/mol. The zero-order chi connectivity index (χ0) is 33.8. The number of benzene rings is 4. The summed E-state index contributed by atoms with van der Waals surface area (Å²) in [5.41, 5.74) is 2.87. The van der Waals surface area contributed by atoms with Crippen molar-refractivity contribution in [3.05, 3.63) is 120 Å². The molecule has 4 aromatic carbocycles. The van der Waals surface area contributed by atoms with Crippen molar-refractivity contribution in [1.82, 2.24) is 10.2 Å². The minimum atomic E-state index is -4.29. The first-order chi connectivity index (χ1) is 22.7. The number of unbranched alkanes of at least 4 members (excludes halogenated alkanes) is 1. The van der Waals surface area contributed by atoms with Gasteiger partial charge in [-0.1, -0.05) is 80.1 Å². The van der Waals surface area contributed by atoms with Gasteiger partial charge in [-0.2, -0.15) is 0 Å². The second kappa shape index (κ2) is 16.6. The Labute approximate surface area is 278 Å². The van der Waals surface area contributed by atoms with Gasteiger partial charge in [0.2, 0.25) is 11.8 Å². The molecule has 0 heterocycles. The highest BCUT2D eigenvalue weighted by Gasteiger charge is 2.35. The van der Waals surface area contributed by atoms with E-state index in [0.717, 1.165) is 33.8 Å². The number of rotatable bonds is 16. The highest BCUT2D eigenvalue weighted by molar-refractivity contribution is 7.92. The number of ether oxygens (including phenoxy) is 2. The molecule has 4 rings (SSSR count). The molecule has 0 spiro atoms. The Hall–Kier alpha value is -4.83. The van der Waals surface area contributed by atoms with E-state index in [0.29, 0.717) is 12.3 Å². The predicted molar refractivity (Wildman–Crippen MR) is 184 cm³/mol. The van der Waals surface area contributed by atoms with Crippen molar-refractivity contribution >= 4 is 27.5 Å². The fraction of sp³-hybridized carbons (Fsp3) is 0.297. The topological polar surface area (TPSA) is 105 Å². The molecule has 0 radical (unpaired) electrons. The minimum absolute atomic E-state index is 0.0272. The Balaban J connectivity index is 1.82.